The molecule has 1 aromatic carbocycles. The number of ether oxygens (including phenoxy) is 1. The van der Waals surface area contributed by atoms with Gasteiger partial charge in [-0.1, -0.05) is 23.7 Å². The standard InChI is InChI=1S/C22H26ClN3O2/c1-2-28-22(27)12-8-17-7-11-21(24-14-17)25-20-4-3-13-26(16-20)15-18-5-9-19(23)10-6-18/h5-12,14,20H,2-4,13,15-16H2,1H3,(H,24,25)/t20-/m1/s1. The van der Waals surface area contributed by atoms with E-state index in [0.717, 1.165) is 48.9 Å². The molecule has 3 rings (SSSR count). The van der Waals surface area contributed by atoms with Crippen LogP contribution in [0.3, 0.4) is 0 Å². The number of likely N-dealkylation sites (tertiary alicyclic amines) is 1. The molecule has 1 atom stereocenters. The summed E-state index contributed by atoms with van der Waals surface area (Å²) in [5.74, 6) is 0.513. The summed E-state index contributed by atoms with van der Waals surface area (Å²) in [5.41, 5.74) is 2.15. The van der Waals surface area contributed by atoms with Crippen molar-refractivity contribution >= 4 is 29.5 Å². The molecular weight excluding hydrogens is 374 g/mol. The molecule has 0 unspecified atom stereocenters. The number of pyridine rings is 1. The summed E-state index contributed by atoms with van der Waals surface area (Å²) in [4.78, 5) is 18.3. The fourth-order valence-corrected chi connectivity index (χ4v) is 3.44. The summed E-state index contributed by atoms with van der Waals surface area (Å²) in [6.45, 7) is 5.18. The molecule has 0 amide bonds. The highest BCUT2D eigenvalue weighted by atomic mass is 35.5. The van der Waals surface area contributed by atoms with E-state index >= 15 is 0 Å². The van der Waals surface area contributed by atoms with Crippen LogP contribution in [0.5, 0.6) is 0 Å². The van der Waals surface area contributed by atoms with E-state index in [4.69, 9.17) is 16.3 Å². The van der Waals surface area contributed by atoms with Crippen LogP contribution in [0.15, 0.2) is 48.7 Å². The molecule has 1 N–H and O–H groups in total. The molecule has 0 radical (unpaired) electrons. The van der Waals surface area contributed by atoms with Crippen molar-refractivity contribution in [2.75, 3.05) is 25.0 Å². The first-order chi connectivity index (χ1) is 13.6. The van der Waals surface area contributed by atoms with Crippen molar-refractivity contribution in [3.8, 4) is 0 Å². The van der Waals surface area contributed by atoms with Gasteiger partial charge in [0, 0.05) is 36.4 Å². The Morgan fingerprint density at radius 3 is 2.86 bits per heavy atom. The average Bonchev–Trinajstić information content (AvgIpc) is 2.70. The number of piperidine rings is 1. The zero-order chi connectivity index (χ0) is 19.8. The van der Waals surface area contributed by atoms with Crippen LogP contribution < -0.4 is 5.32 Å². The maximum Gasteiger partial charge on any atom is 0.330 e. The predicted octanol–water partition coefficient (Wildman–Crippen LogP) is 4.39. The highest BCUT2D eigenvalue weighted by Gasteiger charge is 2.20. The second-order valence-electron chi connectivity index (χ2n) is 6.91. The van der Waals surface area contributed by atoms with Gasteiger partial charge in [0.25, 0.3) is 0 Å². The zero-order valence-electron chi connectivity index (χ0n) is 16.1. The summed E-state index contributed by atoms with van der Waals surface area (Å²) in [6.07, 6.45) is 7.17. The van der Waals surface area contributed by atoms with Gasteiger partial charge >= 0.3 is 5.97 Å². The second-order valence-corrected chi connectivity index (χ2v) is 7.34. The number of benzene rings is 1. The van der Waals surface area contributed by atoms with Crippen molar-refractivity contribution in [2.45, 2.75) is 32.4 Å². The van der Waals surface area contributed by atoms with Crippen LogP contribution in [0, 0.1) is 0 Å². The molecule has 2 heterocycles. The molecular formula is C22H26ClN3O2. The molecule has 148 valence electrons. The fraction of sp³-hybridized carbons (Fsp3) is 0.364. The topological polar surface area (TPSA) is 54.5 Å². The molecule has 6 heteroatoms. The molecule has 0 bridgehead atoms. The van der Waals surface area contributed by atoms with E-state index in [1.807, 2.05) is 24.3 Å². The summed E-state index contributed by atoms with van der Waals surface area (Å²) < 4.78 is 4.88. The van der Waals surface area contributed by atoms with E-state index in [1.54, 1.807) is 19.2 Å². The minimum Gasteiger partial charge on any atom is -0.463 e. The fourth-order valence-electron chi connectivity index (χ4n) is 3.32. The van der Waals surface area contributed by atoms with E-state index in [0.29, 0.717) is 12.6 Å². The van der Waals surface area contributed by atoms with Crippen LogP contribution in [-0.2, 0) is 16.1 Å². The summed E-state index contributed by atoms with van der Waals surface area (Å²) >= 11 is 5.97. The largest absolute Gasteiger partial charge is 0.463 e. The maximum atomic E-state index is 11.4. The van der Waals surface area contributed by atoms with Gasteiger partial charge in [0.05, 0.1) is 6.61 Å². The van der Waals surface area contributed by atoms with Crippen LogP contribution >= 0.6 is 11.6 Å². The van der Waals surface area contributed by atoms with E-state index in [9.17, 15) is 4.79 Å². The SMILES string of the molecule is CCOC(=O)C=Cc1ccc(N[C@@H]2CCCN(Cc3ccc(Cl)cc3)C2)nc1. The smallest absolute Gasteiger partial charge is 0.330 e. The van der Waals surface area contributed by atoms with Gasteiger partial charge in [0.15, 0.2) is 0 Å². The molecule has 28 heavy (non-hydrogen) atoms. The third kappa shape index (κ3) is 6.36. The van der Waals surface area contributed by atoms with Crippen molar-refractivity contribution in [1.29, 1.82) is 0 Å². The lowest BCUT2D eigenvalue weighted by Crippen LogP contribution is -2.41. The minimum absolute atomic E-state index is 0.340. The van der Waals surface area contributed by atoms with E-state index in [2.05, 4.69) is 27.3 Å². The Balaban J connectivity index is 1.51. The number of nitrogens with one attached hydrogen (secondary N) is 1. The van der Waals surface area contributed by atoms with Crippen molar-refractivity contribution in [3.05, 3.63) is 64.8 Å². The number of halogens is 1. The van der Waals surface area contributed by atoms with E-state index in [1.165, 1.54) is 11.6 Å². The molecule has 5 nitrogen and oxygen atoms in total. The lowest BCUT2D eigenvalue weighted by Gasteiger charge is -2.33. The Morgan fingerprint density at radius 2 is 2.14 bits per heavy atom. The van der Waals surface area contributed by atoms with Crippen LogP contribution in [0.2, 0.25) is 5.02 Å². The number of carbonyl (C=O) groups is 1. The Hall–Kier alpha value is -2.37. The number of anilines is 1. The molecule has 1 aliphatic rings. The van der Waals surface area contributed by atoms with Crippen molar-refractivity contribution in [3.63, 3.8) is 0 Å². The molecule has 1 aliphatic heterocycles. The van der Waals surface area contributed by atoms with Crippen LogP contribution in [0.1, 0.15) is 30.9 Å². The van der Waals surface area contributed by atoms with Gasteiger partial charge in [-0.2, -0.15) is 0 Å². The molecule has 1 fully saturated rings. The maximum absolute atomic E-state index is 11.4. The number of hydrogen-bond donors (Lipinski definition) is 1. The number of carbonyl (C=O) groups excluding carboxylic acids is 1. The van der Waals surface area contributed by atoms with Crippen molar-refractivity contribution in [2.24, 2.45) is 0 Å². The lowest BCUT2D eigenvalue weighted by molar-refractivity contribution is -0.137. The second kappa shape index (κ2) is 10.2. The zero-order valence-corrected chi connectivity index (χ0v) is 16.9. The van der Waals surface area contributed by atoms with E-state index in [-0.39, 0.29) is 5.97 Å². The first kappa shape index (κ1) is 20.4. The molecule has 1 saturated heterocycles. The predicted molar refractivity (Wildman–Crippen MR) is 113 cm³/mol. The van der Waals surface area contributed by atoms with Gasteiger partial charge in [0.1, 0.15) is 5.82 Å². The molecule has 0 aliphatic carbocycles. The van der Waals surface area contributed by atoms with Crippen molar-refractivity contribution in [1.82, 2.24) is 9.88 Å². The third-order valence-corrected chi connectivity index (χ3v) is 4.91. The quantitative estimate of drug-likeness (QED) is 0.552. The molecule has 2 aromatic rings. The highest BCUT2D eigenvalue weighted by molar-refractivity contribution is 6.30. The Labute approximate surface area is 171 Å². The van der Waals surface area contributed by atoms with Gasteiger partial charge < -0.3 is 10.1 Å². The Kier molecular flexibility index (Phi) is 7.46. The molecule has 0 saturated carbocycles. The minimum atomic E-state index is -0.340. The van der Waals surface area contributed by atoms with Gasteiger partial charge in [-0.3, -0.25) is 4.90 Å². The monoisotopic (exact) mass is 399 g/mol. The number of aromatic nitrogens is 1. The van der Waals surface area contributed by atoms with Gasteiger partial charge in [-0.15, -0.1) is 0 Å². The highest BCUT2D eigenvalue weighted by Crippen LogP contribution is 2.18. The third-order valence-electron chi connectivity index (χ3n) is 4.66. The Bertz CT molecular complexity index is 790. The summed E-state index contributed by atoms with van der Waals surface area (Å²) in [7, 11) is 0. The molecule has 0 spiro atoms. The first-order valence-electron chi connectivity index (χ1n) is 9.66. The first-order valence-corrected chi connectivity index (χ1v) is 10.0. The average molecular weight is 400 g/mol. The summed E-state index contributed by atoms with van der Waals surface area (Å²) in [5, 5.41) is 4.30. The van der Waals surface area contributed by atoms with Gasteiger partial charge in [-0.05, 0) is 67.8 Å². The number of esters is 1. The number of nitrogens with zero attached hydrogens (tertiary/aromatic N) is 2. The normalized spacial score (nSPS) is 17.6. The number of rotatable bonds is 7. The van der Waals surface area contributed by atoms with Crippen LogP contribution in [0.4, 0.5) is 5.82 Å². The summed E-state index contributed by atoms with van der Waals surface area (Å²) in [6, 6.07) is 12.3. The van der Waals surface area contributed by atoms with Crippen molar-refractivity contribution < 1.29 is 9.53 Å². The van der Waals surface area contributed by atoms with Gasteiger partial charge in [0.2, 0.25) is 0 Å². The van der Waals surface area contributed by atoms with Crippen LogP contribution in [-0.4, -0.2) is 41.6 Å². The van der Waals surface area contributed by atoms with Gasteiger partial charge in [-0.25, -0.2) is 9.78 Å². The lowest BCUT2D eigenvalue weighted by atomic mass is 10.0. The Morgan fingerprint density at radius 1 is 1.32 bits per heavy atom. The number of hydrogen-bond acceptors (Lipinski definition) is 5. The molecule has 1 aromatic heterocycles. The van der Waals surface area contributed by atoms with Crippen LogP contribution in [0.25, 0.3) is 6.08 Å². The van der Waals surface area contributed by atoms with E-state index < -0.39 is 0 Å².